The molecule has 1 aromatic heterocycles. The Bertz CT molecular complexity index is 1210. The van der Waals surface area contributed by atoms with Crippen LogP contribution in [0.2, 0.25) is 0 Å². The molecule has 2 fully saturated rings. The van der Waals surface area contributed by atoms with Crippen molar-refractivity contribution in [1.82, 2.24) is 20.6 Å². The number of aromatic nitrogens is 2. The van der Waals surface area contributed by atoms with Crippen LogP contribution in [0, 0.1) is 5.41 Å². The Hall–Kier alpha value is -3.40. The molecule has 2 atom stereocenters. The third-order valence-electron chi connectivity index (χ3n) is 8.61. The second-order valence-corrected chi connectivity index (χ2v) is 11.3. The molecule has 3 N–H and O–H groups in total. The highest BCUT2D eigenvalue weighted by Crippen LogP contribution is 2.42. The summed E-state index contributed by atoms with van der Waals surface area (Å²) in [6, 6.07) is 5.82. The first-order chi connectivity index (χ1) is 18.8. The van der Waals surface area contributed by atoms with Crippen LogP contribution in [0.3, 0.4) is 0 Å². The van der Waals surface area contributed by atoms with Gasteiger partial charge in [-0.3, -0.25) is 9.59 Å². The average Bonchev–Trinajstić information content (AvgIpc) is 3.48. The molecule has 5 rings (SSSR count). The molecule has 210 valence electrons. The van der Waals surface area contributed by atoms with Gasteiger partial charge >= 0.3 is 0 Å². The van der Waals surface area contributed by atoms with Gasteiger partial charge in [0.05, 0.1) is 24.4 Å². The molecule has 2 aromatic rings. The first-order valence-electron chi connectivity index (χ1n) is 14.2. The van der Waals surface area contributed by atoms with E-state index in [0.717, 1.165) is 56.7 Å². The van der Waals surface area contributed by atoms with E-state index in [1.165, 1.54) is 12.8 Å². The normalized spacial score (nSPS) is 23.8. The molecule has 39 heavy (non-hydrogen) atoms. The molecule has 2 amide bonds. The smallest absolute Gasteiger partial charge is 0.251 e. The summed E-state index contributed by atoms with van der Waals surface area (Å²) in [5.41, 5.74) is 1.43. The number of nitrogens with zero attached hydrogens (tertiary/aromatic N) is 4. The van der Waals surface area contributed by atoms with Gasteiger partial charge in [-0.25, -0.2) is 4.98 Å². The molecule has 3 heterocycles. The highest BCUT2D eigenvalue weighted by atomic mass is 16.5. The molecule has 10 nitrogen and oxygen atoms in total. The lowest BCUT2D eigenvalue weighted by Gasteiger charge is -2.35. The minimum atomic E-state index is -0.501. The molecule has 1 aromatic carbocycles. The minimum absolute atomic E-state index is 0.0931. The van der Waals surface area contributed by atoms with E-state index in [1.54, 1.807) is 30.3 Å². The zero-order chi connectivity index (χ0) is 27.6. The maximum absolute atomic E-state index is 13.5. The first kappa shape index (κ1) is 27.2. The topological polar surface area (TPSA) is 112 Å². The summed E-state index contributed by atoms with van der Waals surface area (Å²) in [5, 5.41) is 9.72. The maximum atomic E-state index is 13.5. The van der Waals surface area contributed by atoms with E-state index in [0.29, 0.717) is 35.5 Å². The second-order valence-electron chi connectivity index (χ2n) is 11.3. The number of carbonyl (C=O) groups excluding carboxylic acids is 2. The van der Waals surface area contributed by atoms with E-state index in [2.05, 4.69) is 39.7 Å². The number of benzene rings is 1. The fraction of sp³-hybridized carbons (Fsp3) is 0.586. The van der Waals surface area contributed by atoms with Crippen LogP contribution in [0.1, 0.15) is 69.2 Å². The first-order valence-corrected chi connectivity index (χ1v) is 14.2. The largest absolute Gasteiger partial charge is 0.495 e. The number of amides is 2. The molecular weight excluding hydrogens is 494 g/mol. The van der Waals surface area contributed by atoms with Gasteiger partial charge in [0.2, 0.25) is 11.9 Å². The van der Waals surface area contributed by atoms with Crippen LogP contribution < -0.4 is 30.5 Å². The molecule has 2 aliphatic heterocycles. The summed E-state index contributed by atoms with van der Waals surface area (Å²) in [6.45, 7) is 6.54. The molecule has 10 heteroatoms. The number of carbonyl (C=O) groups is 2. The Morgan fingerprint density at radius 1 is 1.23 bits per heavy atom. The van der Waals surface area contributed by atoms with Crippen LogP contribution in [0.4, 0.5) is 23.1 Å². The lowest BCUT2D eigenvalue weighted by Crippen LogP contribution is -2.46. The van der Waals surface area contributed by atoms with Gasteiger partial charge in [-0.05, 0) is 63.8 Å². The van der Waals surface area contributed by atoms with Crippen LogP contribution in [0.15, 0.2) is 24.4 Å². The van der Waals surface area contributed by atoms with Crippen molar-refractivity contribution in [2.75, 3.05) is 48.9 Å². The SMILES string of the molecule is CC[C@@]1(C)CN(C2CCCC2)c2nc(Nc3ccc(C(=O)N[C@@H]4CCCNC4)cc3OC)ncc2N(C)C1=O. The number of nitrogens with one attached hydrogen (secondary N) is 3. The number of methoxy groups -OCH3 is 1. The van der Waals surface area contributed by atoms with Crippen LogP contribution >= 0.6 is 0 Å². The quantitative estimate of drug-likeness (QED) is 0.490. The van der Waals surface area contributed by atoms with Gasteiger partial charge in [-0.15, -0.1) is 0 Å². The Balaban J connectivity index is 1.42. The third kappa shape index (κ3) is 5.52. The van der Waals surface area contributed by atoms with Crippen LogP contribution in [0.25, 0.3) is 0 Å². The lowest BCUT2D eigenvalue weighted by molar-refractivity contribution is -0.126. The second kappa shape index (κ2) is 11.4. The average molecular weight is 536 g/mol. The van der Waals surface area contributed by atoms with E-state index in [4.69, 9.17) is 9.72 Å². The summed E-state index contributed by atoms with van der Waals surface area (Å²) in [4.78, 5) is 39.9. The number of hydrogen-bond acceptors (Lipinski definition) is 8. The molecule has 0 bridgehead atoms. The van der Waals surface area contributed by atoms with E-state index in [-0.39, 0.29) is 17.9 Å². The van der Waals surface area contributed by atoms with Crippen LogP contribution in [-0.2, 0) is 4.79 Å². The minimum Gasteiger partial charge on any atom is -0.495 e. The lowest BCUT2D eigenvalue weighted by atomic mass is 9.85. The van der Waals surface area contributed by atoms with Crippen molar-refractivity contribution in [2.45, 2.75) is 70.9 Å². The summed E-state index contributed by atoms with van der Waals surface area (Å²) in [7, 11) is 3.40. The van der Waals surface area contributed by atoms with Gasteiger partial charge in [0.1, 0.15) is 11.4 Å². The van der Waals surface area contributed by atoms with Gasteiger partial charge in [0.15, 0.2) is 5.82 Å². The van der Waals surface area contributed by atoms with Crippen molar-refractivity contribution in [1.29, 1.82) is 0 Å². The molecule has 0 spiro atoms. The predicted octanol–water partition coefficient (Wildman–Crippen LogP) is 3.85. The maximum Gasteiger partial charge on any atom is 0.251 e. The summed E-state index contributed by atoms with van der Waals surface area (Å²) in [6.07, 6.45) is 9.08. The van der Waals surface area contributed by atoms with Crippen LogP contribution in [0.5, 0.6) is 5.75 Å². The molecule has 0 unspecified atom stereocenters. The number of piperidine rings is 1. The van der Waals surface area contributed by atoms with E-state index >= 15 is 0 Å². The van der Waals surface area contributed by atoms with Crippen molar-refractivity contribution >= 4 is 35.0 Å². The zero-order valence-electron chi connectivity index (χ0n) is 23.5. The number of ether oxygens (including phenoxy) is 1. The fourth-order valence-electron chi connectivity index (χ4n) is 5.99. The van der Waals surface area contributed by atoms with Crippen molar-refractivity contribution in [3.8, 4) is 5.75 Å². The number of anilines is 4. The Kier molecular flexibility index (Phi) is 7.93. The van der Waals surface area contributed by atoms with Crippen molar-refractivity contribution in [2.24, 2.45) is 5.41 Å². The molecule has 1 saturated heterocycles. The van der Waals surface area contributed by atoms with Gasteiger partial charge in [-0.2, -0.15) is 4.98 Å². The molecular formula is C29H41N7O3. The van der Waals surface area contributed by atoms with Gasteiger partial charge in [0.25, 0.3) is 5.91 Å². The summed E-state index contributed by atoms with van der Waals surface area (Å²) < 4.78 is 5.63. The standard InChI is InChI=1S/C29H41N7O3/c1-5-29(2)18-36(21-10-6-7-11-21)25-23(35(3)27(29)38)17-31-28(34-25)33-22-13-12-19(15-24(22)39-4)26(37)32-20-9-8-14-30-16-20/h12-13,15,17,20-21,30H,5-11,14,16,18H2,1-4H3,(H,32,37)(H,31,33,34)/t20-,29+/m1/s1. The highest BCUT2D eigenvalue weighted by Gasteiger charge is 2.43. The van der Waals surface area contributed by atoms with E-state index < -0.39 is 5.41 Å². The molecule has 1 aliphatic carbocycles. The molecule has 0 radical (unpaired) electrons. The number of hydrogen-bond donors (Lipinski definition) is 3. The summed E-state index contributed by atoms with van der Waals surface area (Å²) in [5.74, 6) is 1.70. The van der Waals surface area contributed by atoms with E-state index in [1.807, 2.05) is 13.1 Å². The van der Waals surface area contributed by atoms with E-state index in [9.17, 15) is 9.59 Å². The highest BCUT2D eigenvalue weighted by molar-refractivity contribution is 6.01. The van der Waals surface area contributed by atoms with Gasteiger partial charge < -0.3 is 30.5 Å². The number of rotatable bonds is 7. The van der Waals surface area contributed by atoms with Crippen molar-refractivity contribution in [3.63, 3.8) is 0 Å². The van der Waals surface area contributed by atoms with Crippen molar-refractivity contribution in [3.05, 3.63) is 30.0 Å². The third-order valence-corrected chi connectivity index (χ3v) is 8.61. The van der Waals surface area contributed by atoms with Crippen LogP contribution in [-0.4, -0.2) is 67.7 Å². The fourth-order valence-corrected chi connectivity index (χ4v) is 5.99. The zero-order valence-corrected chi connectivity index (χ0v) is 23.5. The van der Waals surface area contributed by atoms with Crippen molar-refractivity contribution < 1.29 is 14.3 Å². The number of fused-ring (bicyclic) bond motifs is 1. The Morgan fingerprint density at radius 2 is 2.03 bits per heavy atom. The van der Waals surface area contributed by atoms with Gasteiger partial charge in [0, 0.05) is 37.8 Å². The van der Waals surface area contributed by atoms with Gasteiger partial charge in [-0.1, -0.05) is 19.8 Å². The molecule has 3 aliphatic rings. The Morgan fingerprint density at radius 3 is 2.72 bits per heavy atom. The summed E-state index contributed by atoms with van der Waals surface area (Å²) >= 11 is 0. The predicted molar refractivity (Wildman–Crippen MR) is 153 cm³/mol. The Labute approximate surface area is 230 Å². The molecule has 1 saturated carbocycles. The monoisotopic (exact) mass is 535 g/mol.